The number of ether oxygens (including phenoxy) is 1. The standard InChI is InChI=1S/C16H17N3O3/c1-22-15(21)10-2-4-11(5-3-10)16(7-8-16)19-14-13(17)12(20)6-9-18-14/h2-6,9H,7-8,17H2,1H3,(H2,18,19,20). The first kappa shape index (κ1) is 14.2. The summed E-state index contributed by atoms with van der Waals surface area (Å²) < 4.78 is 4.69. The largest absolute Gasteiger partial charge is 0.465 e. The summed E-state index contributed by atoms with van der Waals surface area (Å²) in [7, 11) is 1.36. The van der Waals surface area contributed by atoms with Crippen LogP contribution in [-0.2, 0) is 10.3 Å². The molecular formula is C16H17N3O3. The number of carbonyl (C=O) groups excluding carboxylic acids is 1. The van der Waals surface area contributed by atoms with Gasteiger partial charge in [-0.2, -0.15) is 0 Å². The fraction of sp³-hybridized carbons (Fsp3) is 0.250. The molecule has 0 saturated heterocycles. The number of anilines is 2. The molecule has 1 aliphatic carbocycles. The molecule has 1 aliphatic rings. The van der Waals surface area contributed by atoms with E-state index in [-0.39, 0.29) is 22.6 Å². The van der Waals surface area contributed by atoms with Crippen molar-refractivity contribution in [2.75, 3.05) is 18.2 Å². The number of nitrogens with one attached hydrogen (secondary N) is 2. The fourth-order valence-corrected chi connectivity index (χ4v) is 2.49. The van der Waals surface area contributed by atoms with Gasteiger partial charge in [0.25, 0.3) is 0 Å². The Balaban J connectivity index is 1.86. The molecule has 6 heteroatoms. The number of aromatic amines is 1. The number of aromatic nitrogens is 1. The van der Waals surface area contributed by atoms with Gasteiger partial charge in [-0.15, -0.1) is 0 Å². The normalized spacial score (nSPS) is 15.1. The number of rotatable bonds is 4. The smallest absolute Gasteiger partial charge is 0.337 e. The number of hydrogen-bond donors (Lipinski definition) is 3. The van der Waals surface area contributed by atoms with Crippen molar-refractivity contribution >= 4 is 17.5 Å². The van der Waals surface area contributed by atoms with E-state index < -0.39 is 0 Å². The van der Waals surface area contributed by atoms with Crippen LogP contribution in [0.4, 0.5) is 11.5 Å². The van der Waals surface area contributed by atoms with Gasteiger partial charge in [0, 0.05) is 12.3 Å². The van der Waals surface area contributed by atoms with Crippen molar-refractivity contribution < 1.29 is 9.53 Å². The molecule has 114 valence electrons. The van der Waals surface area contributed by atoms with E-state index >= 15 is 0 Å². The van der Waals surface area contributed by atoms with Crippen molar-refractivity contribution in [2.45, 2.75) is 18.4 Å². The molecule has 6 nitrogen and oxygen atoms in total. The highest BCUT2D eigenvalue weighted by Gasteiger charge is 2.44. The van der Waals surface area contributed by atoms with Gasteiger partial charge in [-0.25, -0.2) is 4.79 Å². The Bertz CT molecular complexity index is 761. The van der Waals surface area contributed by atoms with Gasteiger partial charge in [0.05, 0.1) is 18.2 Å². The van der Waals surface area contributed by atoms with Crippen molar-refractivity contribution in [3.05, 3.63) is 57.9 Å². The topological polar surface area (TPSA) is 97.2 Å². The molecule has 1 heterocycles. The third-order valence-corrected chi connectivity index (χ3v) is 3.97. The van der Waals surface area contributed by atoms with E-state index in [4.69, 9.17) is 10.5 Å². The number of nitrogen functional groups attached to an aromatic ring is 1. The molecule has 0 radical (unpaired) electrons. The molecular weight excluding hydrogens is 282 g/mol. The van der Waals surface area contributed by atoms with Gasteiger partial charge < -0.3 is 20.8 Å². The van der Waals surface area contributed by atoms with Crippen LogP contribution in [-0.4, -0.2) is 18.1 Å². The van der Waals surface area contributed by atoms with Gasteiger partial charge in [0.15, 0.2) is 0 Å². The van der Waals surface area contributed by atoms with Gasteiger partial charge in [0.2, 0.25) is 5.43 Å². The molecule has 3 rings (SSSR count). The highest BCUT2D eigenvalue weighted by molar-refractivity contribution is 5.89. The summed E-state index contributed by atoms with van der Waals surface area (Å²) in [4.78, 5) is 26.0. The molecule has 0 aliphatic heterocycles. The molecule has 0 amide bonds. The first-order valence-corrected chi connectivity index (χ1v) is 7.00. The maximum atomic E-state index is 11.6. The molecule has 0 bridgehead atoms. The van der Waals surface area contributed by atoms with E-state index in [1.807, 2.05) is 12.1 Å². The molecule has 2 aromatic rings. The second-order valence-corrected chi connectivity index (χ2v) is 5.41. The summed E-state index contributed by atoms with van der Waals surface area (Å²) in [6, 6.07) is 8.65. The van der Waals surface area contributed by atoms with Crippen LogP contribution in [0, 0.1) is 0 Å². The Hall–Kier alpha value is -2.76. The second-order valence-electron chi connectivity index (χ2n) is 5.41. The van der Waals surface area contributed by atoms with E-state index in [9.17, 15) is 9.59 Å². The zero-order valence-corrected chi connectivity index (χ0v) is 12.2. The number of esters is 1. The summed E-state index contributed by atoms with van der Waals surface area (Å²) in [6.45, 7) is 0. The monoisotopic (exact) mass is 299 g/mol. The quantitative estimate of drug-likeness (QED) is 0.748. The van der Waals surface area contributed by atoms with Crippen LogP contribution in [0.15, 0.2) is 41.3 Å². The van der Waals surface area contributed by atoms with Crippen molar-refractivity contribution in [3.8, 4) is 0 Å². The van der Waals surface area contributed by atoms with Crippen LogP contribution in [0.5, 0.6) is 0 Å². The zero-order chi connectivity index (χ0) is 15.7. The highest BCUT2D eigenvalue weighted by atomic mass is 16.5. The first-order valence-electron chi connectivity index (χ1n) is 7.00. The van der Waals surface area contributed by atoms with Crippen LogP contribution in [0.25, 0.3) is 0 Å². The number of H-pyrrole nitrogens is 1. The number of benzene rings is 1. The molecule has 1 aromatic carbocycles. The Morgan fingerprint density at radius 2 is 1.95 bits per heavy atom. The minimum absolute atomic E-state index is 0.181. The van der Waals surface area contributed by atoms with Gasteiger partial charge in [-0.3, -0.25) is 4.79 Å². The van der Waals surface area contributed by atoms with Gasteiger partial charge in [-0.05, 0) is 30.5 Å². The van der Waals surface area contributed by atoms with Crippen LogP contribution < -0.4 is 16.5 Å². The molecule has 4 N–H and O–H groups in total. The third-order valence-electron chi connectivity index (χ3n) is 3.97. The van der Waals surface area contributed by atoms with Crippen LogP contribution in [0.3, 0.4) is 0 Å². The molecule has 1 fully saturated rings. The lowest BCUT2D eigenvalue weighted by molar-refractivity contribution is 0.0600. The van der Waals surface area contributed by atoms with Gasteiger partial charge >= 0.3 is 5.97 Å². The lowest BCUT2D eigenvalue weighted by Gasteiger charge is -2.20. The van der Waals surface area contributed by atoms with E-state index in [0.29, 0.717) is 11.4 Å². The Morgan fingerprint density at radius 3 is 2.55 bits per heavy atom. The molecule has 0 atom stereocenters. The number of hydrogen-bond acceptors (Lipinski definition) is 5. The van der Waals surface area contributed by atoms with Crippen LogP contribution >= 0.6 is 0 Å². The highest BCUT2D eigenvalue weighted by Crippen LogP contribution is 2.48. The van der Waals surface area contributed by atoms with E-state index in [1.54, 1.807) is 18.3 Å². The molecule has 1 aromatic heterocycles. The van der Waals surface area contributed by atoms with Gasteiger partial charge in [-0.1, -0.05) is 12.1 Å². The van der Waals surface area contributed by atoms with Crippen molar-refractivity contribution in [1.29, 1.82) is 0 Å². The summed E-state index contributed by atoms with van der Waals surface area (Å²) in [6.07, 6.45) is 3.43. The molecule has 0 unspecified atom stereocenters. The van der Waals surface area contributed by atoms with Crippen molar-refractivity contribution in [2.24, 2.45) is 0 Å². The zero-order valence-electron chi connectivity index (χ0n) is 12.2. The summed E-state index contributed by atoms with van der Waals surface area (Å²) in [5.74, 6) is 0.169. The first-order chi connectivity index (χ1) is 10.6. The maximum absolute atomic E-state index is 11.6. The van der Waals surface area contributed by atoms with Crippen molar-refractivity contribution in [3.63, 3.8) is 0 Å². The Morgan fingerprint density at radius 1 is 1.27 bits per heavy atom. The second kappa shape index (κ2) is 5.22. The number of pyridine rings is 1. The molecule has 0 spiro atoms. The lowest BCUT2D eigenvalue weighted by Crippen LogP contribution is -2.22. The van der Waals surface area contributed by atoms with E-state index in [2.05, 4.69) is 10.3 Å². The predicted octanol–water partition coefficient (Wildman–Crippen LogP) is 1.84. The van der Waals surface area contributed by atoms with Crippen LogP contribution in [0.2, 0.25) is 0 Å². The Labute approximate surface area is 127 Å². The summed E-state index contributed by atoms with van der Waals surface area (Å²) in [5.41, 5.74) is 7.09. The Kier molecular flexibility index (Phi) is 3.36. The number of methoxy groups -OCH3 is 1. The minimum Gasteiger partial charge on any atom is -0.465 e. The van der Waals surface area contributed by atoms with Crippen LogP contribution in [0.1, 0.15) is 28.8 Å². The minimum atomic E-state index is -0.360. The van der Waals surface area contributed by atoms with Crippen molar-refractivity contribution in [1.82, 2.24) is 4.98 Å². The third kappa shape index (κ3) is 2.43. The fourth-order valence-electron chi connectivity index (χ4n) is 2.49. The number of nitrogens with two attached hydrogens (primary N) is 1. The van der Waals surface area contributed by atoms with Gasteiger partial charge in [0.1, 0.15) is 11.5 Å². The number of carbonyl (C=O) groups is 1. The maximum Gasteiger partial charge on any atom is 0.337 e. The molecule has 1 saturated carbocycles. The predicted molar refractivity (Wildman–Crippen MR) is 83.8 cm³/mol. The summed E-state index contributed by atoms with van der Waals surface area (Å²) >= 11 is 0. The lowest BCUT2D eigenvalue weighted by atomic mass is 10.0. The van der Waals surface area contributed by atoms with E-state index in [0.717, 1.165) is 18.4 Å². The summed E-state index contributed by atoms with van der Waals surface area (Å²) in [5, 5.41) is 3.32. The van der Waals surface area contributed by atoms with E-state index in [1.165, 1.54) is 13.2 Å². The SMILES string of the molecule is COC(=O)c1ccc(C2(Nc3[nH]ccc(=O)c3N)CC2)cc1. The average molecular weight is 299 g/mol. The average Bonchev–Trinajstić information content (AvgIpc) is 3.32. The molecule has 22 heavy (non-hydrogen) atoms.